The van der Waals surface area contributed by atoms with Gasteiger partial charge in [0.05, 0.1) is 9.99 Å². The third-order valence-electron chi connectivity index (χ3n) is 3.75. The van der Waals surface area contributed by atoms with Crippen LogP contribution in [0.25, 0.3) is 10.9 Å². The van der Waals surface area contributed by atoms with Crippen LogP contribution in [-0.4, -0.2) is 22.2 Å². The standard InChI is InChI=1S/C18H16BrN3O3/c1-11-7-8-14-12(9-11)17(18(24)22(14)2)21-20-16(23)10-25-15-6-4-3-5-13(15)19/h3-9,24H,10H2,1-2H3. The number of carbonyl (C=O) groups excluding carboxylic acids is 1. The van der Waals surface area contributed by atoms with Crippen LogP contribution in [0.2, 0.25) is 0 Å². The van der Waals surface area contributed by atoms with Gasteiger partial charge in [0.25, 0.3) is 0 Å². The summed E-state index contributed by atoms with van der Waals surface area (Å²) >= 11 is 3.34. The van der Waals surface area contributed by atoms with Gasteiger partial charge in [-0.25, -0.2) is 0 Å². The normalized spacial score (nSPS) is 11.3. The molecule has 0 bridgehead atoms. The molecule has 0 aliphatic rings. The fraction of sp³-hybridized carbons (Fsp3) is 0.167. The second-order valence-corrected chi connectivity index (χ2v) is 6.42. The summed E-state index contributed by atoms with van der Waals surface area (Å²) in [6, 6.07) is 12.9. The van der Waals surface area contributed by atoms with Crippen molar-refractivity contribution in [3.8, 4) is 11.6 Å². The number of azo groups is 1. The number of benzene rings is 2. The molecule has 0 aliphatic carbocycles. The minimum absolute atomic E-state index is 0.0381. The highest BCUT2D eigenvalue weighted by Gasteiger charge is 2.15. The lowest BCUT2D eigenvalue weighted by atomic mass is 10.1. The lowest BCUT2D eigenvalue weighted by Crippen LogP contribution is -2.08. The van der Waals surface area contributed by atoms with Crippen LogP contribution < -0.4 is 4.74 Å². The maximum atomic E-state index is 11.9. The molecule has 0 fully saturated rings. The van der Waals surface area contributed by atoms with Gasteiger partial charge < -0.3 is 14.4 Å². The Morgan fingerprint density at radius 1 is 1.28 bits per heavy atom. The van der Waals surface area contributed by atoms with Crippen molar-refractivity contribution in [3.05, 3.63) is 52.5 Å². The number of fused-ring (bicyclic) bond motifs is 1. The van der Waals surface area contributed by atoms with Crippen molar-refractivity contribution >= 4 is 38.4 Å². The number of hydrogen-bond donors (Lipinski definition) is 1. The van der Waals surface area contributed by atoms with Crippen LogP contribution in [-0.2, 0) is 11.8 Å². The van der Waals surface area contributed by atoms with Gasteiger partial charge in [0.1, 0.15) is 5.75 Å². The largest absolute Gasteiger partial charge is 0.493 e. The zero-order valence-corrected chi connectivity index (χ0v) is 15.3. The summed E-state index contributed by atoms with van der Waals surface area (Å²) in [5.41, 5.74) is 2.11. The van der Waals surface area contributed by atoms with Gasteiger partial charge in [0.15, 0.2) is 12.3 Å². The van der Waals surface area contributed by atoms with Crippen LogP contribution in [0.5, 0.6) is 11.6 Å². The molecule has 3 rings (SSSR count). The second-order valence-electron chi connectivity index (χ2n) is 5.56. The van der Waals surface area contributed by atoms with E-state index in [1.807, 2.05) is 43.3 Å². The molecule has 0 atom stereocenters. The molecule has 1 amide bonds. The van der Waals surface area contributed by atoms with E-state index >= 15 is 0 Å². The first-order valence-corrected chi connectivity index (χ1v) is 8.36. The highest BCUT2D eigenvalue weighted by molar-refractivity contribution is 9.10. The highest BCUT2D eigenvalue weighted by atomic mass is 79.9. The average molecular weight is 402 g/mol. The molecule has 1 N–H and O–H groups in total. The highest BCUT2D eigenvalue weighted by Crippen LogP contribution is 2.38. The summed E-state index contributed by atoms with van der Waals surface area (Å²) in [5, 5.41) is 18.6. The monoisotopic (exact) mass is 401 g/mol. The van der Waals surface area contributed by atoms with Crippen LogP contribution in [0.3, 0.4) is 0 Å². The van der Waals surface area contributed by atoms with Crippen molar-refractivity contribution in [2.24, 2.45) is 17.3 Å². The van der Waals surface area contributed by atoms with Crippen molar-refractivity contribution in [3.63, 3.8) is 0 Å². The average Bonchev–Trinajstić information content (AvgIpc) is 2.83. The third kappa shape index (κ3) is 3.56. The third-order valence-corrected chi connectivity index (χ3v) is 4.40. The quantitative estimate of drug-likeness (QED) is 0.646. The predicted molar refractivity (Wildman–Crippen MR) is 98.5 cm³/mol. The minimum Gasteiger partial charge on any atom is -0.493 e. The topological polar surface area (TPSA) is 76.2 Å². The van der Waals surface area contributed by atoms with E-state index in [1.54, 1.807) is 17.7 Å². The lowest BCUT2D eigenvalue weighted by Gasteiger charge is -2.04. The SMILES string of the molecule is Cc1ccc2c(c1)c(N=NC(=O)COc1ccccc1Br)c(O)n2C. The number of halogens is 1. The Morgan fingerprint density at radius 3 is 2.80 bits per heavy atom. The molecule has 0 unspecified atom stereocenters. The van der Waals surface area contributed by atoms with E-state index in [2.05, 4.69) is 26.2 Å². The molecule has 1 aromatic heterocycles. The number of para-hydroxylation sites is 1. The van der Waals surface area contributed by atoms with Crippen molar-refractivity contribution in [1.82, 2.24) is 4.57 Å². The van der Waals surface area contributed by atoms with Gasteiger partial charge in [-0.1, -0.05) is 23.8 Å². The van der Waals surface area contributed by atoms with E-state index < -0.39 is 5.91 Å². The molecule has 2 aromatic carbocycles. The molecule has 7 heteroatoms. The van der Waals surface area contributed by atoms with Gasteiger partial charge >= 0.3 is 5.91 Å². The Morgan fingerprint density at radius 2 is 2.04 bits per heavy atom. The van der Waals surface area contributed by atoms with Gasteiger partial charge in [-0.15, -0.1) is 10.2 Å². The van der Waals surface area contributed by atoms with Crippen LogP contribution in [0.4, 0.5) is 5.69 Å². The maximum Gasteiger partial charge on any atom is 0.302 e. The van der Waals surface area contributed by atoms with Gasteiger partial charge in [-0.2, -0.15) is 0 Å². The van der Waals surface area contributed by atoms with E-state index in [0.29, 0.717) is 5.75 Å². The van der Waals surface area contributed by atoms with Crippen LogP contribution in [0.1, 0.15) is 5.56 Å². The molecule has 6 nitrogen and oxygen atoms in total. The van der Waals surface area contributed by atoms with E-state index in [-0.39, 0.29) is 18.2 Å². The summed E-state index contributed by atoms with van der Waals surface area (Å²) in [6.07, 6.45) is 0. The number of aromatic hydroxyl groups is 1. The van der Waals surface area contributed by atoms with E-state index in [4.69, 9.17) is 4.74 Å². The summed E-state index contributed by atoms with van der Waals surface area (Å²) in [6.45, 7) is 1.71. The van der Waals surface area contributed by atoms with E-state index in [1.165, 1.54) is 0 Å². The Labute approximate surface area is 152 Å². The number of rotatable bonds is 4. The van der Waals surface area contributed by atoms with Crippen LogP contribution in [0, 0.1) is 6.92 Å². The predicted octanol–water partition coefficient (Wildman–Crippen LogP) is 4.64. The zero-order valence-electron chi connectivity index (χ0n) is 13.7. The summed E-state index contributed by atoms with van der Waals surface area (Å²) in [7, 11) is 1.73. The Balaban J connectivity index is 1.79. The second kappa shape index (κ2) is 7.06. The summed E-state index contributed by atoms with van der Waals surface area (Å²) in [5.74, 6) is -0.0293. The minimum atomic E-state index is -0.542. The molecule has 0 spiro atoms. The van der Waals surface area contributed by atoms with Crippen LogP contribution >= 0.6 is 15.9 Å². The number of amides is 1. The van der Waals surface area contributed by atoms with Gasteiger partial charge in [0, 0.05) is 12.4 Å². The van der Waals surface area contributed by atoms with Crippen LogP contribution in [0.15, 0.2) is 57.2 Å². The number of nitrogens with zero attached hydrogens (tertiary/aromatic N) is 3. The Hall–Kier alpha value is -2.67. The summed E-state index contributed by atoms with van der Waals surface area (Å²) < 4.78 is 7.77. The van der Waals surface area contributed by atoms with Crippen molar-refractivity contribution < 1.29 is 14.6 Å². The smallest absolute Gasteiger partial charge is 0.302 e. The number of aromatic nitrogens is 1. The Kier molecular flexibility index (Phi) is 4.85. The number of hydrogen-bond acceptors (Lipinski definition) is 4. The van der Waals surface area contributed by atoms with Crippen molar-refractivity contribution in [1.29, 1.82) is 0 Å². The molecule has 0 aliphatic heterocycles. The molecular formula is C18H16BrN3O3. The first-order valence-electron chi connectivity index (χ1n) is 7.57. The fourth-order valence-electron chi connectivity index (χ4n) is 2.46. The molecule has 1 heterocycles. The number of carbonyl (C=O) groups is 1. The maximum absolute atomic E-state index is 11.9. The zero-order chi connectivity index (χ0) is 18.0. The van der Waals surface area contributed by atoms with Crippen molar-refractivity contribution in [2.75, 3.05) is 6.61 Å². The molecule has 0 saturated carbocycles. The molecular weight excluding hydrogens is 386 g/mol. The fourth-order valence-corrected chi connectivity index (χ4v) is 2.86. The van der Waals surface area contributed by atoms with Gasteiger partial charge in [-0.3, -0.25) is 4.79 Å². The molecule has 3 aromatic rings. The van der Waals surface area contributed by atoms with E-state index in [0.717, 1.165) is 20.9 Å². The number of ether oxygens (including phenoxy) is 1. The van der Waals surface area contributed by atoms with Gasteiger partial charge in [-0.05, 0) is 47.1 Å². The van der Waals surface area contributed by atoms with Crippen molar-refractivity contribution in [2.45, 2.75) is 6.92 Å². The van der Waals surface area contributed by atoms with Gasteiger partial charge in [0.2, 0.25) is 5.88 Å². The first-order chi connectivity index (χ1) is 12.0. The van der Waals surface area contributed by atoms with E-state index in [9.17, 15) is 9.90 Å². The Bertz CT molecular complexity index is 979. The lowest BCUT2D eigenvalue weighted by molar-refractivity contribution is -0.120. The molecule has 25 heavy (non-hydrogen) atoms. The molecule has 128 valence electrons. The number of aryl methyl sites for hydroxylation is 2. The molecule has 0 radical (unpaired) electrons. The first kappa shape index (κ1) is 17.2. The molecule has 0 saturated heterocycles. The summed E-state index contributed by atoms with van der Waals surface area (Å²) in [4.78, 5) is 11.9.